The molecule has 1 aliphatic rings. The van der Waals surface area contributed by atoms with Crippen LogP contribution in [0.5, 0.6) is 0 Å². The third-order valence-corrected chi connectivity index (χ3v) is 2.96. The Labute approximate surface area is 106 Å². The second kappa shape index (κ2) is 5.91. The SMILES string of the molecule is CC1CCC(C(=O)Nc2ccnc(CCF)c2)O1. The lowest BCUT2D eigenvalue weighted by Crippen LogP contribution is -2.27. The summed E-state index contributed by atoms with van der Waals surface area (Å²) in [4.78, 5) is 15.9. The summed E-state index contributed by atoms with van der Waals surface area (Å²) in [7, 11) is 0. The van der Waals surface area contributed by atoms with Gasteiger partial charge in [-0.2, -0.15) is 0 Å². The van der Waals surface area contributed by atoms with Crippen molar-refractivity contribution in [3.05, 3.63) is 24.0 Å². The van der Waals surface area contributed by atoms with Crippen molar-refractivity contribution in [3.63, 3.8) is 0 Å². The van der Waals surface area contributed by atoms with Crippen LogP contribution in [0, 0.1) is 0 Å². The van der Waals surface area contributed by atoms with Crippen LogP contribution < -0.4 is 5.32 Å². The van der Waals surface area contributed by atoms with Crippen LogP contribution >= 0.6 is 0 Å². The van der Waals surface area contributed by atoms with E-state index >= 15 is 0 Å². The minimum absolute atomic E-state index is 0.139. The fraction of sp³-hybridized carbons (Fsp3) is 0.538. The Morgan fingerprint density at radius 2 is 2.44 bits per heavy atom. The molecule has 0 saturated carbocycles. The van der Waals surface area contributed by atoms with Crippen molar-refractivity contribution < 1.29 is 13.9 Å². The molecule has 0 bridgehead atoms. The third kappa shape index (κ3) is 3.26. The van der Waals surface area contributed by atoms with Crippen LogP contribution in [0.3, 0.4) is 0 Å². The molecule has 1 aliphatic heterocycles. The number of aromatic nitrogens is 1. The normalized spacial score (nSPS) is 23.0. The van der Waals surface area contributed by atoms with Gasteiger partial charge in [-0.3, -0.25) is 14.2 Å². The van der Waals surface area contributed by atoms with Gasteiger partial charge in [-0.05, 0) is 31.9 Å². The Morgan fingerprint density at radius 3 is 3.11 bits per heavy atom. The van der Waals surface area contributed by atoms with E-state index in [0.29, 0.717) is 11.4 Å². The molecule has 0 spiro atoms. The molecule has 2 heterocycles. The van der Waals surface area contributed by atoms with Crippen molar-refractivity contribution in [2.75, 3.05) is 12.0 Å². The molecule has 0 aliphatic carbocycles. The van der Waals surface area contributed by atoms with E-state index < -0.39 is 6.67 Å². The molecule has 1 saturated heterocycles. The van der Waals surface area contributed by atoms with E-state index in [-0.39, 0.29) is 24.5 Å². The van der Waals surface area contributed by atoms with Gasteiger partial charge in [0.25, 0.3) is 5.91 Å². The van der Waals surface area contributed by atoms with Gasteiger partial charge >= 0.3 is 0 Å². The first kappa shape index (κ1) is 13.0. The van der Waals surface area contributed by atoms with Crippen molar-refractivity contribution in [3.8, 4) is 0 Å². The maximum atomic E-state index is 12.2. The Morgan fingerprint density at radius 1 is 1.61 bits per heavy atom. The first-order valence-electron chi connectivity index (χ1n) is 6.16. The van der Waals surface area contributed by atoms with E-state index in [1.165, 1.54) is 0 Å². The lowest BCUT2D eigenvalue weighted by atomic mass is 10.2. The lowest BCUT2D eigenvalue weighted by Gasteiger charge is -2.12. The van der Waals surface area contributed by atoms with Crippen molar-refractivity contribution in [1.82, 2.24) is 4.98 Å². The highest BCUT2D eigenvalue weighted by atomic mass is 19.1. The molecule has 1 fully saturated rings. The van der Waals surface area contributed by atoms with Gasteiger partial charge in [0.1, 0.15) is 6.10 Å². The van der Waals surface area contributed by atoms with E-state index in [1.54, 1.807) is 18.3 Å². The summed E-state index contributed by atoms with van der Waals surface area (Å²) in [6.07, 6.45) is 3.24. The van der Waals surface area contributed by atoms with E-state index in [4.69, 9.17) is 4.74 Å². The highest BCUT2D eigenvalue weighted by Gasteiger charge is 2.28. The highest BCUT2D eigenvalue weighted by molar-refractivity contribution is 5.94. The van der Waals surface area contributed by atoms with Crippen LogP contribution in [0.25, 0.3) is 0 Å². The topological polar surface area (TPSA) is 51.2 Å². The van der Waals surface area contributed by atoms with Gasteiger partial charge in [0.05, 0.1) is 12.8 Å². The van der Waals surface area contributed by atoms with E-state index in [9.17, 15) is 9.18 Å². The average Bonchev–Trinajstić information content (AvgIpc) is 2.77. The Bertz CT molecular complexity index is 425. The minimum Gasteiger partial charge on any atom is -0.365 e. The number of nitrogens with one attached hydrogen (secondary N) is 1. The number of ether oxygens (including phenoxy) is 1. The van der Waals surface area contributed by atoms with Gasteiger partial charge in [0.2, 0.25) is 0 Å². The molecule has 98 valence electrons. The van der Waals surface area contributed by atoms with Crippen molar-refractivity contribution in [2.24, 2.45) is 0 Å². The number of carbonyl (C=O) groups is 1. The first-order valence-corrected chi connectivity index (χ1v) is 6.16. The van der Waals surface area contributed by atoms with Crippen LogP contribution in [-0.2, 0) is 16.0 Å². The first-order chi connectivity index (χ1) is 8.69. The molecular weight excluding hydrogens is 235 g/mol. The fourth-order valence-corrected chi connectivity index (χ4v) is 2.01. The van der Waals surface area contributed by atoms with Gasteiger partial charge < -0.3 is 10.1 Å². The number of alkyl halides is 1. The molecule has 2 unspecified atom stereocenters. The number of pyridine rings is 1. The highest BCUT2D eigenvalue weighted by Crippen LogP contribution is 2.20. The lowest BCUT2D eigenvalue weighted by molar-refractivity contribution is -0.126. The molecule has 1 amide bonds. The number of aryl methyl sites for hydroxylation is 1. The molecule has 4 nitrogen and oxygen atoms in total. The summed E-state index contributed by atoms with van der Waals surface area (Å²) in [5.74, 6) is -0.142. The number of nitrogens with zero attached hydrogens (tertiary/aromatic N) is 1. The second-order valence-corrected chi connectivity index (χ2v) is 4.48. The van der Waals surface area contributed by atoms with Crippen molar-refractivity contribution in [2.45, 2.75) is 38.4 Å². The van der Waals surface area contributed by atoms with E-state index in [2.05, 4.69) is 10.3 Å². The molecule has 1 aromatic rings. The van der Waals surface area contributed by atoms with E-state index in [0.717, 1.165) is 12.8 Å². The molecule has 1 N–H and O–H groups in total. The summed E-state index contributed by atoms with van der Waals surface area (Å²) in [5, 5.41) is 2.78. The van der Waals surface area contributed by atoms with Gasteiger partial charge in [0.15, 0.2) is 0 Å². The Kier molecular flexibility index (Phi) is 4.25. The van der Waals surface area contributed by atoms with Crippen LogP contribution in [0.2, 0.25) is 0 Å². The molecular formula is C13H17FN2O2. The molecule has 0 aromatic carbocycles. The standard InChI is InChI=1S/C13H17FN2O2/c1-9-2-3-12(18-9)13(17)16-11-5-7-15-10(8-11)4-6-14/h5,7-9,12H,2-4,6H2,1H3,(H,15,16,17). The zero-order valence-corrected chi connectivity index (χ0v) is 10.4. The minimum atomic E-state index is -0.451. The zero-order valence-electron chi connectivity index (χ0n) is 10.4. The largest absolute Gasteiger partial charge is 0.365 e. The number of halogens is 1. The van der Waals surface area contributed by atoms with Crippen LogP contribution in [-0.4, -0.2) is 29.8 Å². The Hall–Kier alpha value is -1.49. The number of amides is 1. The van der Waals surface area contributed by atoms with Crippen LogP contribution in [0.4, 0.5) is 10.1 Å². The van der Waals surface area contributed by atoms with Crippen LogP contribution in [0.15, 0.2) is 18.3 Å². The van der Waals surface area contributed by atoms with Gasteiger partial charge in [-0.1, -0.05) is 0 Å². The monoisotopic (exact) mass is 252 g/mol. The van der Waals surface area contributed by atoms with Gasteiger partial charge in [0, 0.05) is 24.0 Å². The number of carbonyl (C=O) groups excluding carboxylic acids is 1. The number of rotatable bonds is 4. The second-order valence-electron chi connectivity index (χ2n) is 4.48. The molecule has 2 rings (SSSR count). The summed E-state index contributed by atoms with van der Waals surface area (Å²) in [5.41, 5.74) is 1.28. The number of hydrogen-bond acceptors (Lipinski definition) is 3. The summed E-state index contributed by atoms with van der Waals surface area (Å²) >= 11 is 0. The Balaban J connectivity index is 1.96. The van der Waals surface area contributed by atoms with Gasteiger partial charge in [-0.15, -0.1) is 0 Å². The molecule has 2 atom stereocenters. The number of anilines is 1. The summed E-state index contributed by atoms with van der Waals surface area (Å²) in [6, 6.07) is 3.38. The van der Waals surface area contributed by atoms with E-state index in [1.807, 2.05) is 6.92 Å². The molecule has 0 radical (unpaired) electrons. The number of hydrogen-bond donors (Lipinski definition) is 1. The molecule has 18 heavy (non-hydrogen) atoms. The fourth-order valence-electron chi connectivity index (χ4n) is 2.01. The third-order valence-electron chi connectivity index (χ3n) is 2.96. The summed E-state index contributed by atoms with van der Waals surface area (Å²) < 4.78 is 17.7. The maximum Gasteiger partial charge on any atom is 0.253 e. The van der Waals surface area contributed by atoms with Gasteiger partial charge in [-0.25, -0.2) is 0 Å². The quantitative estimate of drug-likeness (QED) is 0.892. The zero-order chi connectivity index (χ0) is 13.0. The maximum absolute atomic E-state index is 12.2. The molecule has 1 aromatic heterocycles. The predicted octanol–water partition coefficient (Wildman–Crippen LogP) is 2.10. The predicted molar refractivity (Wildman–Crippen MR) is 66.1 cm³/mol. The van der Waals surface area contributed by atoms with Crippen LogP contribution in [0.1, 0.15) is 25.5 Å². The smallest absolute Gasteiger partial charge is 0.253 e. The van der Waals surface area contributed by atoms with Crippen molar-refractivity contribution >= 4 is 11.6 Å². The van der Waals surface area contributed by atoms with Crippen molar-refractivity contribution in [1.29, 1.82) is 0 Å². The summed E-state index contributed by atoms with van der Waals surface area (Å²) in [6.45, 7) is 1.51. The molecule has 5 heteroatoms. The average molecular weight is 252 g/mol.